The molecule has 0 unspecified atom stereocenters. The SMILES string of the molecule is COc1ccc(NC(=O)c2cnn(-c3ccc(F)cc3)c2-n2cccc2)cc1. The molecular weight excluding hydrogens is 359 g/mol. The summed E-state index contributed by atoms with van der Waals surface area (Å²) in [6.45, 7) is 0. The largest absolute Gasteiger partial charge is 0.497 e. The van der Waals surface area contributed by atoms with Crippen molar-refractivity contribution >= 4 is 11.6 Å². The second kappa shape index (κ2) is 7.40. The van der Waals surface area contributed by atoms with Gasteiger partial charge in [-0.25, -0.2) is 9.07 Å². The Morgan fingerprint density at radius 2 is 1.71 bits per heavy atom. The summed E-state index contributed by atoms with van der Waals surface area (Å²) in [6.07, 6.45) is 5.14. The number of carbonyl (C=O) groups excluding carboxylic acids is 1. The molecule has 0 radical (unpaired) electrons. The number of aromatic nitrogens is 3. The highest BCUT2D eigenvalue weighted by Crippen LogP contribution is 2.22. The summed E-state index contributed by atoms with van der Waals surface area (Å²) in [5.74, 6) is 0.621. The summed E-state index contributed by atoms with van der Waals surface area (Å²) in [4.78, 5) is 12.9. The zero-order chi connectivity index (χ0) is 19.5. The molecule has 0 saturated carbocycles. The first-order valence-electron chi connectivity index (χ1n) is 8.58. The predicted molar refractivity (Wildman–Crippen MR) is 104 cm³/mol. The molecular formula is C21H17FN4O2. The van der Waals surface area contributed by atoms with Gasteiger partial charge in [0.2, 0.25) is 0 Å². The third kappa shape index (κ3) is 3.37. The lowest BCUT2D eigenvalue weighted by molar-refractivity contribution is 0.102. The Labute approximate surface area is 160 Å². The first kappa shape index (κ1) is 17.5. The van der Waals surface area contributed by atoms with Crippen LogP contribution in [0.3, 0.4) is 0 Å². The maximum atomic E-state index is 13.3. The van der Waals surface area contributed by atoms with Crippen LogP contribution in [0, 0.1) is 5.82 Å². The van der Waals surface area contributed by atoms with Crippen LogP contribution < -0.4 is 10.1 Å². The first-order valence-corrected chi connectivity index (χ1v) is 8.58. The molecule has 28 heavy (non-hydrogen) atoms. The lowest BCUT2D eigenvalue weighted by atomic mass is 10.2. The average Bonchev–Trinajstić information content (AvgIpc) is 3.38. The number of methoxy groups -OCH3 is 1. The highest BCUT2D eigenvalue weighted by Gasteiger charge is 2.20. The maximum Gasteiger partial charge on any atom is 0.261 e. The van der Waals surface area contributed by atoms with Gasteiger partial charge in [-0.05, 0) is 60.7 Å². The van der Waals surface area contributed by atoms with E-state index in [0.717, 1.165) is 0 Å². The quantitative estimate of drug-likeness (QED) is 0.571. The van der Waals surface area contributed by atoms with E-state index < -0.39 is 0 Å². The van der Waals surface area contributed by atoms with Crippen molar-refractivity contribution in [3.8, 4) is 17.3 Å². The van der Waals surface area contributed by atoms with Crippen LogP contribution in [-0.4, -0.2) is 27.4 Å². The second-order valence-corrected chi connectivity index (χ2v) is 6.04. The lowest BCUT2D eigenvalue weighted by Crippen LogP contribution is -2.15. The molecule has 7 heteroatoms. The van der Waals surface area contributed by atoms with Crippen molar-refractivity contribution in [2.45, 2.75) is 0 Å². The van der Waals surface area contributed by atoms with E-state index in [-0.39, 0.29) is 11.7 Å². The van der Waals surface area contributed by atoms with E-state index in [1.807, 2.05) is 24.5 Å². The van der Waals surface area contributed by atoms with Crippen molar-refractivity contribution in [1.82, 2.24) is 14.3 Å². The summed E-state index contributed by atoms with van der Waals surface area (Å²) >= 11 is 0. The number of hydrogen-bond donors (Lipinski definition) is 1. The molecule has 6 nitrogen and oxygen atoms in total. The Morgan fingerprint density at radius 3 is 2.36 bits per heavy atom. The molecule has 1 amide bonds. The molecule has 0 saturated heterocycles. The molecule has 0 fully saturated rings. The van der Waals surface area contributed by atoms with Gasteiger partial charge in [-0.2, -0.15) is 5.10 Å². The fraction of sp³-hybridized carbons (Fsp3) is 0.0476. The summed E-state index contributed by atoms with van der Waals surface area (Å²) in [5.41, 5.74) is 1.67. The molecule has 0 atom stereocenters. The minimum Gasteiger partial charge on any atom is -0.497 e. The van der Waals surface area contributed by atoms with Crippen molar-refractivity contribution in [3.63, 3.8) is 0 Å². The predicted octanol–water partition coefficient (Wildman–Crippen LogP) is 4.06. The topological polar surface area (TPSA) is 61.1 Å². The zero-order valence-electron chi connectivity index (χ0n) is 15.0. The van der Waals surface area contributed by atoms with Crippen molar-refractivity contribution < 1.29 is 13.9 Å². The standard InChI is InChI=1S/C21H17FN4O2/c1-28-18-10-6-16(7-11-18)24-20(27)19-14-23-26(17-8-4-15(22)5-9-17)21(19)25-12-2-3-13-25/h2-14H,1H3,(H,24,27). The summed E-state index contributed by atoms with van der Waals surface area (Å²) in [5, 5.41) is 7.22. The van der Waals surface area contributed by atoms with Crippen LogP contribution in [0.4, 0.5) is 10.1 Å². The van der Waals surface area contributed by atoms with E-state index >= 15 is 0 Å². The Hall–Kier alpha value is -3.87. The molecule has 4 aromatic rings. The monoisotopic (exact) mass is 376 g/mol. The highest BCUT2D eigenvalue weighted by atomic mass is 19.1. The number of anilines is 1. The van der Waals surface area contributed by atoms with E-state index in [2.05, 4.69) is 10.4 Å². The molecule has 2 aromatic carbocycles. The normalized spacial score (nSPS) is 10.6. The number of halogens is 1. The van der Waals surface area contributed by atoms with Gasteiger partial charge in [-0.15, -0.1) is 0 Å². The van der Waals surface area contributed by atoms with Gasteiger partial charge < -0.3 is 14.6 Å². The molecule has 0 aliphatic heterocycles. The fourth-order valence-corrected chi connectivity index (χ4v) is 2.87. The van der Waals surface area contributed by atoms with Gasteiger partial charge in [-0.1, -0.05) is 0 Å². The van der Waals surface area contributed by atoms with Crippen molar-refractivity contribution in [2.75, 3.05) is 12.4 Å². The van der Waals surface area contributed by atoms with E-state index in [4.69, 9.17) is 4.74 Å². The van der Waals surface area contributed by atoms with Gasteiger partial charge in [0.15, 0.2) is 5.82 Å². The summed E-state index contributed by atoms with van der Waals surface area (Å²) in [6, 6.07) is 16.7. The van der Waals surface area contributed by atoms with Gasteiger partial charge in [-0.3, -0.25) is 4.79 Å². The van der Waals surface area contributed by atoms with Crippen LogP contribution in [0.5, 0.6) is 5.75 Å². The number of amides is 1. The van der Waals surface area contributed by atoms with E-state index in [0.29, 0.717) is 28.5 Å². The fourth-order valence-electron chi connectivity index (χ4n) is 2.87. The van der Waals surface area contributed by atoms with Gasteiger partial charge in [0, 0.05) is 18.1 Å². The third-order valence-electron chi connectivity index (χ3n) is 4.26. The average molecular weight is 376 g/mol. The number of nitrogens with one attached hydrogen (secondary N) is 1. The van der Waals surface area contributed by atoms with Crippen LogP contribution in [-0.2, 0) is 0 Å². The van der Waals surface area contributed by atoms with Gasteiger partial charge in [0.05, 0.1) is 19.0 Å². The second-order valence-electron chi connectivity index (χ2n) is 6.04. The summed E-state index contributed by atoms with van der Waals surface area (Å²) in [7, 11) is 1.58. The molecule has 1 N–H and O–H groups in total. The summed E-state index contributed by atoms with van der Waals surface area (Å²) < 4.78 is 21.8. The number of carbonyl (C=O) groups is 1. The number of ether oxygens (including phenoxy) is 1. The lowest BCUT2D eigenvalue weighted by Gasteiger charge is -2.11. The zero-order valence-corrected chi connectivity index (χ0v) is 15.0. The third-order valence-corrected chi connectivity index (χ3v) is 4.26. The molecule has 0 bridgehead atoms. The minimum absolute atomic E-state index is 0.303. The van der Waals surface area contributed by atoms with Gasteiger partial charge >= 0.3 is 0 Å². The minimum atomic E-state index is -0.337. The van der Waals surface area contributed by atoms with Gasteiger partial charge in [0.1, 0.15) is 17.1 Å². The molecule has 4 rings (SSSR count). The van der Waals surface area contributed by atoms with Crippen LogP contribution in [0.25, 0.3) is 11.5 Å². The molecule has 0 spiro atoms. The Balaban J connectivity index is 1.72. The van der Waals surface area contributed by atoms with Crippen LogP contribution in [0.15, 0.2) is 79.3 Å². The van der Waals surface area contributed by atoms with E-state index in [1.165, 1.54) is 18.3 Å². The molecule has 2 heterocycles. The molecule has 2 aromatic heterocycles. The Kier molecular flexibility index (Phi) is 4.63. The van der Waals surface area contributed by atoms with Crippen molar-refractivity contribution in [2.24, 2.45) is 0 Å². The van der Waals surface area contributed by atoms with Crippen LogP contribution >= 0.6 is 0 Å². The number of nitrogens with zero attached hydrogens (tertiary/aromatic N) is 3. The number of rotatable bonds is 5. The number of benzene rings is 2. The van der Waals surface area contributed by atoms with E-state index in [9.17, 15) is 9.18 Å². The van der Waals surface area contributed by atoms with Gasteiger partial charge in [0.25, 0.3) is 5.91 Å². The molecule has 0 aliphatic rings. The van der Waals surface area contributed by atoms with Crippen LogP contribution in [0.1, 0.15) is 10.4 Å². The van der Waals surface area contributed by atoms with Crippen molar-refractivity contribution in [1.29, 1.82) is 0 Å². The van der Waals surface area contributed by atoms with E-state index in [1.54, 1.807) is 52.8 Å². The van der Waals surface area contributed by atoms with Crippen molar-refractivity contribution in [3.05, 3.63) is 90.6 Å². The maximum absolute atomic E-state index is 13.3. The molecule has 140 valence electrons. The molecule has 0 aliphatic carbocycles. The Morgan fingerprint density at radius 1 is 1.04 bits per heavy atom. The first-order chi connectivity index (χ1) is 13.7. The Bertz CT molecular complexity index is 1080. The smallest absolute Gasteiger partial charge is 0.261 e. The highest BCUT2D eigenvalue weighted by molar-refractivity contribution is 6.06. The van der Waals surface area contributed by atoms with Crippen LogP contribution in [0.2, 0.25) is 0 Å². The number of hydrogen-bond acceptors (Lipinski definition) is 3.